The number of aromatic nitrogens is 2. The number of carbonyl (C=O) groups excluding carboxylic acids is 2. The third-order valence-electron chi connectivity index (χ3n) is 10.1. The molecule has 7 rings (SSSR count). The molecule has 1 amide bonds. The highest BCUT2D eigenvalue weighted by Gasteiger charge is 2.26. The first kappa shape index (κ1) is 34.3. The number of nitrogens with one attached hydrogen (secondary N) is 1. The Morgan fingerprint density at radius 1 is 0.980 bits per heavy atom. The van der Waals surface area contributed by atoms with Gasteiger partial charge in [0.05, 0.1) is 23.4 Å². The first-order chi connectivity index (χ1) is 24.9. The number of benzene rings is 3. The number of carboxylic acids is 1. The molecule has 2 aliphatic heterocycles. The van der Waals surface area contributed by atoms with Crippen LogP contribution >= 0.6 is 11.3 Å². The molecule has 0 aliphatic carbocycles. The number of nitrogens with zero attached hydrogens (tertiary/aromatic N) is 4. The molecule has 0 radical (unpaired) electrons. The van der Waals surface area contributed by atoms with Gasteiger partial charge < -0.3 is 19.5 Å². The fraction of sp³-hybridized carbons (Fsp3) is 0.325. The lowest BCUT2D eigenvalue weighted by Crippen LogP contribution is -2.34. The Balaban J connectivity index is 1.04. The van der Waals surface area contributed by atoms with Gasteiger partial charge in [0.15, 0.2) is 10.8 Å². The third-order valence-corrected chi connectivity index (χ3v) is 11.0. The highest BCUT2D eigenvalue weighted by molar-refractivity contribution is 7.22. The van der Waals surface area contributed by atoms with E-state index in [1.54, 1.807) is 0 Å². The van der Waals surface area contributed by atoms with Gasteiger partial charge in [-0.3, -0.25) is 15.0 Å². The maximum Gasteiger partial charge on any atom is 0.355 e. The molecule has 51 heavy (non-hydrogen) atoms. The number of amides is 1. The lowest BCUT2D eigenvalue weighted by atomic mass is 9.92. The number of ether oxygens (including phenoxy) is 1. The minimum atomic E-state index is -1.11. The molecule has 0 atom stereocenters. The van der Waals surface area contributed by atoms with Crippen molar-refractivity contribution in [1.29, 1.82) is 0 Å². The number of pyridine rings is 1. The van der Waals surface area contributed by atoms with E-state index in [1.807, 2.05) is 84.6 Å². The summed E-state index contributed by atoms with van der Waals surface area (Å²) in [4.78, 5) is 50.4. The van der Waals surface area contributed by atoms with Gasteiger partial charge in [-0.1, -0.05) is 47.7 Å². The molecule has 262 valence electrons. The van der Waals surface area contributed by atoms with Gasteiger partial charge in [-0.25, -0.2) is 14.8 Å². The number of anilines is 2. The van der Waals surface area contributed by atoms with Crippen molar-refractivity contribution in [2.75, 3.05) is 43.0 Å². The van der Waals surface area contributed by atoms with Gasteiger partial charge in [0, 0.05) is 24.2 Å². The normalized spacial score (nSPS) is 15.0. The zero-order valence-electron chi connectivity index (χ0n) is 28.6. The number of aromatic carboxylic acids is 1. The summed E-state index contributed by atoms with van der Waals surface area (Å²) in [6.07, 6.45) is 5.90. The molecule has 10 nitrogen and oxygen atoms in total. The monoisotopic (exact) mass is 703 g/mol. The molecule has 11 heteroatoms. The number of fused-ring (bicyclic) bond motifs is 2. The average molecular weight is 704 g/mol. The van der Waals surface area contributed by atoms with Crippen molar-refractivity contribution in [2.24, 2.45) is 5.92 Å². The van der Waals surface area contributed by atoms with E-state index < -0.39 is 5.97 Å². The number of thiazole rings is 1. The number of hydrogen-bond donors (Lipinski definition) is 2. The summed E-state index contributed by atoms with van der Waals surface area (Å²) in [6.45, 7) is 6.06. The summed E-state index contributed by atoms with van der Waals surface area (Å²) >= 11 is 1.44. The van der Waals surface area contributed by atoms with Gasteiger partial charge in [0.2, 0.25) is 0 Å². The average Bonchev–Trinajstić information content (AvgIpc) is 3.56. The van der Waals surface area contributed by atoms with Crippen LogP contribution < -0.4 is 15.0 Å². The summed E-state index contributed by atoms with van der Waals surface area (Å²) in [5.41, 5.74) is 5.54. The lowest BCUT2D eigenvalue weighted by molar-refractivity contribution is -0.109. The van der Waals surface area contributed by atoms with Crippen LogP contribution in [-0.4, -0.2) is 70.9 Å². The summed E-state index contributed by atoms with van der Waals surface area (Å²) in [5.74, 6) is 0.595. The molecule has 5 aromatic rings. The van der Waals surface area contributed by atoms with Gasteiger partial charge in [-0.2, -0.15) is 0 Å². The Labute approximate surface area is 301 Å². The fourth-order valence-electron chi connectivity index (χ4n) is 7.26. The van der Waals surface area contributed by atoms with Crippen molar-refractivity contribution in [3.63, 3.8) is 0 Å². The van der Waals surface area contributed by atoms with Gasteiger partial charge in [-0.15, -0.1) is 0 Å². The Morgan fingerprint density at radius 2 is 1.80 bits per heavy atom. The lowest BCUT2D eigenvalue weighted by Gasteiger charge is -2.31. The van der Waals surface area contributed by atoms with Crippen LogP contribution in [0.25, 0.3) is 21.3 Å². The van der Waals surface area contributed by atoms with Crippen LogP contribution in [-0.2, 0) is 17.8 Å². The van der Waals surface area contributed by atoms with Crippen LogP contribution in [0.3, 0.4) is 0 Å². The van der Waals surface area contributed by atoms with Gasteiger partial charge in [0.25, 0.3) is 5.91 Å². The molecule has 4 heterocycles. The highest BCUT2D eigenvalue weighted by atomic mass is 32.1. The van der Waals surface area contributed by atoms with Crippen LogP contribution in [0.5, 0.6) is 5.75 Å². The smallest absolute Gasteiger partial charge is 0.355 e. The molecule has 0 bridgehead atoms. The minimum Gasteiger partial charge on any atom is -0.493 e. The molecule has 2 N–H and O–H groups in total. The van der Waals surface area contributed by atoms with E-state index >= 15 is 0 Å². The predicted molar refractivity (Wildman–Crippen MR) is 200 cm³/mol. The van der Waals surface area contributed by atoms with Crippen molar-refractivity contribution in [1.82, 2.24) is 14.9 Å². The molecule has 0 spiro atoms. The number of carbonyl (C=O) groups is 3. The Bertz CT molecular complexity index is 2040. The van der Waals surface area contributed by atoms with Crippen molar-refractivity contribution < 1.29 is 24.2 Å². The van der Waals surface area contributed by atoms with Gasteiger partial charge in [-0.05, 0) is 117 Å². The quantitative estimate of drug-likeness (QED) is 0.102. The van der Waals surface area contributed by atoms with Crippen LogP contribution in [0.1, 0.15) is 63.2 Å². The number of likely N-dealkylation sites (tertiary alicyclic amines) is 1. The van der Waals surface area contributed by atoms with E-state index in [9.17, 15) is 19.5 Å². The molecule has 2 aliphatic rings. The maximum atomic E-state index is 13.5. The summed E-state index contributed by atoms with van der Waals surface area (Å²) in [7, 11) is 0. The molecule has 2 aromatic heterocycles. The molecule has 0 unspecified atom stereocenters. The van der Waals surface area contributed by atoms with Crippen LogP contribution in [0, 0.1) is 12.8 Å². The molecular formula is C40H41N5O5S. The second-order valence-corrected chi connectivity index (χ2v) is 14.3. The Morgan fingerprint density at radius 3 is 2.61 bits per heavy atom. The van der Waals surface area contributed by atoms with E-state index in [4.69, 9.17) is 4.74 Å². The topological polar surface area (TPSA) is 125 Å². The fourth-order valence-corrected chi connectivity index (χ4v) is 8.13. The van der Waals surface area contributed by atoms with Gasteiger partial charge >= 0.3 is 5.97 Å². The minimum absolute atomic E-state index is 0.0265. The second-order valence-electron chi connectivity index (χ2n) is 13.3. The van der Waals surface area contributed by atoms with E-state index in [1.165, 1.54) is 11.3 Å². The van der Waals surface area contributed by atoms with Crippen LogP contribution in [0.15, 0.2) is 72.8 Å². The summed E-state index contributed by atoms with van der Waals surface area (Å²) in [5, 5.41) is 13.9. The Hall–Kier alpha value is -5.13. The standard InChI is InChI=1S/C40H41N5O5S/c1-26-29(9-5-12-34(26)50-24-6-7-27-16-19-44(20-17-27)22-23-46)30-14-15-36(42-37(30)39(48)49)45-21-18-28-8-4-10-31(32(28)25-45)38(47)43-40-41-33-11-2-3-13-35(33)51-40/h2-5,8-15,23,27H,6-7,16-22,24-25H2,1H3,(H,48,49)(H,41,43,47). The Kier molecular flexibility index (Phi) is 10.4. The number of piperidine rings is 1. The van der Waals surface area contributed by atoms with Crippen molar-refractivity contribution in [3.8, 4) is 16.9 Å². The second kappa shape index (κ2) is 15.4. The zero-order chi connectivity index (χ0) is 35.3. The van der Waals surface area contributed by atoms with E-state index in [0.717, 1.165) is 83.3 Å². The predicted octanol–water partition coefficient (Wildman–Crippen LogP) is 7.25. The number of para-hydroxylation sites is 1. The van der Waals surface area contributed by atoms with Crippen molar-refractivity contribution >= 4 is 50.7 Å². The van der Waals surface area contributed by atoms with E-state index in [0.29, 0.717) is 60.7 Å². The zero-order valence-corrected chi connectivity index (χ0v) is 29.5. The molecule has 0 saturated carbocycles. The molecule has 1 fully saturated rings. The SMILES string of the molecule is Cc1c(OCCCC2CCN(CC=O)CC2)cccc1-c1ccc(N2CCc3cccc(C(=O)Nc4nc5ccccc5s4)c3C2)nc1C(=O)O. The van der Waals surface area contributed by atoms with Crippen LogP contribution in [0.2, 0.25) is 0 Å². The maximum absolute atomic E-state index is 13.5. The molecule has 3 aromatic carbocycles. The number of rotatable bonds is 12. The van der Waals surface area contributed by atoms with Gasteiger partial charge in [0.1, 0.15) is 17.9 Å². The summed E-state index contributed by atoms with van der Waals surface area (Å²) < 4.78 is 7.22. The van der Waals surface area contributed by atoms with E-state index in [2.05, 4.69) is 20.2 Å². The van der Waals surface area contributed by atoms with Crippen molar-refractivity contribution in [2.45, 2.75) is 45.6 Å². The van der Waals surface area contributed by atoms with Crippen LogP contribution in [0.4, 0.5) is 10.9 Å². The number of carboxylic acid groups (broad SMARTS) is 1. The number of hydrogen-bond acceptors (Lipinski definition) is 9. The highest BCUT2D eigenvalue weighted by Crippen LogP contribution is 2.35. The van der Waals surface area contributed by atoms with E-state index in [-0.39, 0.29) is 11.6 Å². The third kappa shape index (κ3) is 7.64. The first-order valence-corrected chi connectivity index (χ1v) is 18.4. The largest absolute Gasteiger partial charge is 0.493 e. The summed E-state index contributed by atoms with van der Waals surface area (Å²) in [6, 6.07) is 23.0. The first-order valence-electron chi connectivity index (χ1n) is 17.5. The number of aldehydes is 1. The molecule has 1 saturated heterocycles. The van der Waals surface area contributed by atoms with Crippen molar-refractivity contribution in [3.05, 3.63) is 101 Å². The molecular weight excluding hydrogens is 663 g/mol.